The Morgan fingerprint density at radius 1 is 0.333 bits per heavy atom. The Kier molecular flexibility index (Phi) is 6.78. The van der Waals surface area contributed by atoms with Crippen molar-refractivity contribution in [2.75, 3.05) is 0 Å². The molecule has 0 amide bonds. The van der Waals surface area contributed by atoms with Crippen LogP contribution in [0.4, 0.5) is 0 Å². The predicted molar refractivity (Wildman–Crippen MR) is 209 cm³/mol. The number of hydrogen-bond acceptors (Lipinski definition) is 4. The minimum absolute atomic E-state index is 0.599. The number of aromatic nitrogens is 3. The first kappa shape index (κ1) is 29.0. The van der Waals surface area contributed by atoms with E-state index >= 15 is 0 Å². The van der Waals surface area contributed by atoms with Gasteiger partial charge in [0.25, 0.3) is 0 Å². The van der Waals surface area contributed by atoms with Gasteiger partial charge in [0.1, 0.15) is 16.9 Å². The number of para-hydroxylation sites is 2. The van der Waals surface area contributed by atoms with Crippen LogP contribution in [0.3, 0.4) is 0 Å². The van der Waals surface area contributed by atoms with Gasteiger partial charge in [-0.3, -0.25) is 0 Å². The molecule has 0 atom stereocenters. The molecule has 10 aromatic rings. The Morgan fingerprint density at radius 2 is 0.980 bits per heavy atom. The van der Waals surface area contributed by atoms with E-state index < -0.39 is 0 Å². The van der Waals surface area contributed by atoms with Crippen molar-refractivity contribution in [1.82, 2.24) is 15.0 Å². The van der Waals surface area contributed by atoms with Crippen LogP contribution in [0.2, 0.25) is 0 Å². The summed E-state index contributed by atoms with van der Waals surface area (Å²) in [6.07, 6.45) is 0. The van der Waals surface area contributed by atoms with Gasteiger partial charge in [-0.25, -0.2) is 15.0 Å². The number of nitrogens with zero attached hydrogens (tertiary/aromatic N) is 3. The van der Waals surface area contributed by atoms with Crippen molar-refractivity contribution in [3.05, 3.63) is 176 Å². The predicted octanol–water partition coefficient (Wildman–Crippen LogP) is 12.4. The van der Waals surface area contributed by atoms with E-state index in [1.807, 2.05) is 54.6 Å². The highest BCUT2D eigenvalue weighted by Crippen LogP contribution is 2.38. The molecule has 0 radical (unpaired) electrons. The van der Waals surface area contributed by atoms with Crippen LogP contribution >= 0.6 is 0 Å². The number of furan rings is 1. The fourth-order valence-electron chi connectivity index (χ4n) is 7.17. The van der Waals surface area contributed by atoms with Crippen LogP contribution in [-0.4, -0.2) is 15.0 Å². The van der Waals surface area contributed by atoms with E-state index in [0.717, 1.165) is 83.1 Å². The largest absolute Gasteiger partial charge is 0.456 e. The van der Waals surface area contributed by atoms with Gasteiger partial charge >= 0.3 is 0 Å². The summed E-state index contributed by atoms with van der Waals surface area (Å²) in [5.41, 5.74) is 11.9. The average molecular weight is 652 g/mol. The highest BCUT2D eigenvalue weighted by molar-refractivity contribution is 6.07. The number of rotatable bonds is 5. The summed E-state index contributed by atoms with van der Waals surface area (Å²) < 4.78 is 6.07. The van der Waals surface area contributed by atoms with Crippen LogP contribution in [0.5, 0.6) is 0 Å². The molecule has 0 unspecified atom stereocenters. The molecule has 4 heteroatoms. The van der Waals surface area contributed by atoms with Gasteiger partial charge < -0.3 is 4.42 Å². The molecule has 0 saturated carbocycles. The quantitative estimate of drug-likeness (QED) is 0.186. The molecular weight excluding hydrogens is 623 g/mol. The van der Waals surface area contributed by atoms with E-state index in [1.54, 1.807) is 0 Å². The summed E-state index contributed by atoms with van der Waals surface area (Å²) in [5, 5.41) is 5.65. The molecule has 4 nitrogen and oxygen atoms in total. The molecule has 3 heterocycles. The summed E-state index contributed by atoms with van der Waals surface area (Å²) >= 11 is 0. The first-order valence-electron chi connectivity index (χ1n) is 17.1. The van der Waals surface area contributed by atoms with Gasteiger partial charge in [-0.05, 0) is 69.4 Å². The van der Waals surface area contributed by atoms with E-state index in [-0.39, 0.29) is 0 Å². The van der Waals surface area contributed by atoms with E-state index in [2.05, 4.69) is 121 Å². The molecule has 0 aliphatic carbocycles. The third kappa shape index (κ3) is 5.13. The Morgan fingerprint density at radius 3 is 1.84 bits per heavy atom. The van der Waals surface area contributed by atoms with Crippen molar-refractivity contribution in [3.63, 3.8) is 0 Å². The van der Waals surface area contributed by atoms with Crippen molar-refractivity contribution < 1.29 is 4.42 Å². The summed E-state index contributed by atoms with van der Waals surface area (Å²) in [5.74, 6) is 0.599. The first-order chi connectivity index (χ1) is 25.2. The Balaban J connectivity index is 1.07. The van der Waals surface area contributed by atoms with Crippen LogP contribution < -0.4 is 0 Å². The van der Waals surface area contributed by atoms with Gasteiger partial charge in [-0.15, -0.1) is 0 Å². The standard InChI is InChI=1S/C47H29N3O/c1-2-10-32(11-3-1)43-29-44(50-47(49-43)42-26-22-33-12-4-8-16-41(33)48-42)38-25-24-35(36-13-5-6-14-37(36)38)31-20-18-30(19-21-31)34-23-27-46-40(28-34)39-15-7-9-17-45(39)51-46/h1-29H. The molecule has 0 spiro atoms. The number of fused-ring (bicyclic) bond motifs is 5. The Labute approximate surface area is 294 Å². The van der Waals surface area contributed by atoms with Crippen molar-refractivity contribution in [1.29, 1.82) is 0 Å². The van der Waals surface area contributed by atoms with Crippen LogP contribution in [0.15, 0.2) is 180 Å². The third-order valence-corrected chi connectivity index (χ3v) is 9.73. The first-order valence-corrected chi connectivity index (χ1v) is 17.1. The molecule has 3 aromatic heterocycles. The summed E-state index contributed by atoms with van der Waals surface area (Å²) in [7, 11) is 0. The lowest BCUT2D eigenvalue weighted by Gasteiger charge is -2.14. The zero-order valence-corrected chi connectivity index (χ0v) is 27.5. The molecule has 0 saturated heterocycles. The second-order valence-electron chi connectivity index (χ2n) is 12.8. The maximum atomic E-state index is 6.07. The van der Waals surface area contributed by atoms with Crippen molar-refractivity contribution in [2.45, 2.75) is 0 Å². The minimum Gasteiger partial charge on any atom is -0.456 e. The molecule has 0 bridgehead atoms. The lowest BCUT2D eigenvalue weighted by atomic mass is 9.92. The van der Waals surface area contributed by atoms with E-state index in [4.69, 9.17) is 19.4 Å². The van der Waals surface area contributed by atoms with E-state index in [1.165, 1.54) is 10.9 Å². The molecule has 0 aliphatic rings. The van der Waals surface area contributed by atoms with Crippen molar-refractivity contribution in [2.24, 2.45) is 0 Å². The zero-order valence-electron chi connectivity index (χ0n) is 27.5. The zero-order chi connectivity index (χ0) is 33.7. The highest BCUT2D eigenvalue weighted by atomic mass is 16.3. The number of benzene rings is 7. The lowest BCUT2D eigenvalue weighted by molar-refractivity contribution is 0.669. The van der Waals surface area contributed by atoms with E-state index in [0.29, 0.717) is 5.82 Å². The summed E-state index contributed by atoms with van der Waals surface area (Å²) in [6, 6.07) is 61.1. The van der Waals surface area contributed by atoms with Crippen LogP contribution in [0.25, 0.3) is 99.9 Å². The van der Waals surface area contributed by atoms with Gasteiger partial charge in [0.05, 0.1) is 16.9 Å². The smallest absolute Gasteiger partial charge is 0.179 e. The van der Waals surface area contributed by atoms with E-state index in [9.17, 15) is 0 Å². The lowest BCUT2D eigenvalue weighted by Crippen LogP contribution is -1.98. The van der Waals surface area contributed by atoms with Gasteiger partial charge in [0, 0.05) is 27.3 Å². The maximum absolute atomic E-state index is 6.07. The Hall–Kier alpha value is -6.91. The average Bonchev–Trinajstić information content (AvgIpc) is 3.58. The molecule has 238 valence electrons. The summed E-state index contributed by atoms with van der Waals surface area (Å²) in [6.45, 7) is 0. The van der Waals surface area contributed by atoms with Gasteiger partial charge in [-0.2, -0.15) is 0 Å². The third-order valence-electron chi connectivity index (χ3n) is 9.73. The molecule has 7 aromatic carbocycles. The van der Waals surface area contributed by atoms with Gasteiger partial charge in [0.15, 0.2) is 5.82 Å². The van der Waals surface area contributed by atoms with Crippen molar-refractivity contribution in [3.8, 4) is 56.3 Å². The topological polar surface area (TPSA) is 51.8 Å². The normalized spacial score (nSPS) is 11.5. The van der Waals surface area contributed by atoms with Crippen LogP contribution in [0, 0.1) is 0 Å². The summed E-state index contributed by atoms with van der Waals surface area (Å²) in [4.78, 5) is 15.2. The maximum Gasteiger partial charge on any atom is 0.179 e. The second-order valence-corrected chi connectivity index (χ2v) is 12.8. The minimum atomic E-state index is 0.599. The molecule has 51 heavy (non-hydrogen) atoms. The molecule has 10 rings (SSSR count). The van der Waals surface area contributed by atoms with Crippen LogP contribution in [0.1, 0.15) is 0 Å². The molecular formula is C47H29N3O. The Bertz CT molecular complexity index is 2910. The second kappa shape index (κ2) is 11.9. The number of pyridine rings is 1. The fraction of sp³-hybridized carbons (Fsp3) is 0. The van der Waals surface area contributed by atoms with Crippen molar-refractivity contribution >= 4 is 43.6 Å². The fourth-order valence-corrected chi connectivity index (χ4v) is 7.17. The SMILES string of the molecule is c1ccc(-c2cc(-c3ccc(-c4ccc(-c5ccc6oc7ccccc7c6c5)cc4)c4ccccc34)nc(-c3ccc4ccccc4n3)n2)cc1. The van der Waals surface area contributed by atoms with Crippen LogP contribution in [-0.2, 0) is 0 Å². The number of hydrogen-bond donors (Lipinski definition) is 0. The molecule has 0 N–H and O–H groups in total. The monoisotopic (exact) mass is 651 g/mol. The molecule has 0 fully saturated rings. The van der Waals surface area contributed by atoms with Gasteiger partial charge in [0.2, 0.25) is 0 Å². The molecule has 0 aliphatic heterocycles. The highest BCUT2D eigenvalue weighted by Gasteiger charge is 2.16. The van der Waals surface area contributed by atoms with Gasteiger partial charge in [-0.1, -0.05) is 140 Å².